The average molecular weight is 267 g/mol. The molecule has 8 nitrogen and oxygen atoms in total. The van der Waals surface area contributed by atoms with Crippen LogP contribution in [0.1, 0.15) is 12.8 Å². The normalized spacial score (nSPS) is 16.4. The van der Waals surface area contributed by atoms with Gasteiger partial charge in [-0.1, -0.05) is 0 Å². The van der Waals surface area contributed by atoms with Gasteiger partial charge in [0, 0.05) is 19.2 Å². The third-order valence-electron chi connectivity index (χ3n) is 3.17. The molecule has 19 heavy (non-hydrogen) atoms. The zero-order chi connectivity index (χ0) is 14.0. The van der Waals surface area contributed by atoms with Gasteiger partial charge in [-0.3, -0.25) is 20.2 Å². The number of nitro benzene ring substituents is 2. The Balaban J connectivity index is 2.34. The van der Waals surface area contributed by atoms with Crippen LogP contribution in [0.2, 0.25) is 0 Å². The van der Waals surface area contributed by atoms with Crippen molar-refractivity contribution in [3.63, 3.8) is 0 Å². The van der Waals surface area contributed by atoms with E-state index in [1.54, 1.807) is 4.90 Å². The molecule has 0 aromatic heterocycles. The Morgan fingerprint density at radius 2 is 1.79 bits per heavy atom. The van der Waals surface area contributed by atoms with Gasteiger partial charge in [0.15, 0.2) is 0 Å². The van der Waals surface area contributed by atoms with Crippen molar-refractivity contribution in [1.82, 2.24) is 0 Å². The van der Waals surface area contributed by atoms with E-state index in [1.807, 2.05) is 0 Å². The number of anilines is 1. The lowest BCUT2D eigenvalue weighted by molar-refractivity contribution is -0.393. The average Bonchev–Trinajstić information content (AvgIpc) is 2.38. The zero-order valence-electron chi connectivity index (χ0n) is 10.1. The van der Waals surface area contributed by atoms with E-state index in [9.17, 15) is 25.3 Å². The minimum Gasteiger partial charge on any atom is -0.393 e. The number of nitrogens with zero attached hydrogens (tertiary/aromatic N) is 3. The molecule has 0 amide bonds. The molecule has 1 aliphatic rings. The van der Waals surface area contributed by atoms with Crippen LogP contribution >= 0.6 is 0 Å². The van der Waals surface area contributed by atoms with Gasteiger partial charge in [0.05, 0.1) is 22.0 Å². The quantitative estimate of drug-likeness (QED) is 0.655. The van der Waals surface area contributed by atoms with Gasteiger partial charge in [-0.05, 0) is 18.9 Å². The summed E-state index contributed by atoms with van der Waals surface area (Å²) in [6.45, 7) is 1.000. The molecular formula is C11H13N3O5. The van der Waals surface area contributed by atoms with Crippen LogP contribution in [0.3, 0.4) is 0 Å². The van der Waals surface area contributed by atoms with E-state index in [4.69, 9.17) is 0 Å². The molecule has 8 heteroatoms. The molecule has 1 aliphatic heterocycles. The first-order valence-electron chi connectivity index (χ1n) is 5.85. The second kappa shape index (κ2) is 5.19. The molecule has 0 spiro atoms. The monoisotopic (exact) mass is 267 g/mol. The molecule has 0 radical (unpaired) electrons. The van der Waals surface area contributed by atoms with Gasteiger partial charge in [0.2, 0.25) is 0 Å². The van der Waals surface area contributed by atoms with E-state index in [0.29, 0.717) is 31.6 Å². The van der Waals surface area contributed by atoms with E-state index in [0.717, 1.165) is 6.07 Å². The van der Waals surface area contributed by atoms with Crippen LogP contribution in [0.4, 0.5) is 17.1 Å². The standard InChI is InChI=1S/C11H13N3O5/c15-9-3-5-12(6-4-9)10-2-1-8(13(16)17)7-11(10)14(18)19/h1-2,7,9,15H,3-6H2. The van der Waals surface area contributed by atoms with Crippen molar-refractivity contribution in [3.05, 3.63) is 38.4 Å². The molecule has 0 atom stereocenters. The first-order valence-corrected chi connectivity index (χ1v) is 5.85. The highest BCUT2D eigenvalue weighted by molar-refractivity contribution is 5.67. The number of hydrogen-bond acceptors (Lipinski definition) is 6. The highest BCUT2D eigenvalue weighted by atomic mass is 16.6. The minimum absolute atomic E-state index is 0.273. The number of aliphatic hydroxyl groups is 1. The summed E-state index contributed by atoms with van der Waals surface area (Å²) in [5.41, 5.74) is -0.208. The lowest BCUT2D eigenvalue weighted by Gasteiger charge is -2.30. The number of benzene rings is 1. The number of nitro groups is 2. The number of aliphatic hydroxyl groups excluding tert-OH is 1. The molecular weight excluding hydrogens is 254 g/mol. The van der Waals surface area contributed by atoms with Gasteiger partial charge in [-0.15, -0.1) is 0 Å². The SMILES string of the molecule is O=[N+]([O-])c1ccc(N2CCC(O)CC2)c([N+](=O)[O-])c1. The smallest absolute Gasteiger partial charge is 0.299 e. The number of rotatable bonds is 3. The molecule has 0 bridgehead atoms. The maximum absolute atomic E-state index is 11.0. The van der Waals surface area contributed by atoms with Crippen LogP contribution < -0.4 is 4.90 Å². The molecule has 1 fully saturated rings. The Morgan fingerprint density at radius 1 is 1.16 bits per heavy atom. The molecule has 0 aliphatic carbocycles. The summed E-state index contributed by atoms with van der Waals surface area (Å²) in [7, 11) is 0. The molecule has 1 aromatic carbocycles. The maximum Gasteiger partial charge on any atom is 0.299 e. The highest BCUT2D eigenvalue weighted by Crippen LogP contribution is 2.33. The fraction of sp³-hybridized carbons (Fsp3) is 0.455. The first-order chi connectivity index (χ1) is 8.99. The van der Waals surface area contributed by atoms with E-state index < -0.39 is 9.85 Å². The predicted molar refractivity (Wildman–Crippen MR) is 67.2 cm³/mol. The molecule has 1 saturated heterocycles. The Kier molecular flexibility index (Phi) is 3.61. The van der Waals surface area contributed by atoms with E-state index in [2.05, 4.69) is 0 Å². The van der Waals surface area contributed by atoms with Crippen molar-refractivity contribution in [2.75, 3.05) is 18.0 Å². The zero-order valence-corrected chi connectivity index (χ0v) is 10.1. The number of non-ortho nitro benzene ring substituents is 1. The van der Waals surface area contributed by atoms with Crippen LogP contribution in [-0.2, 0) is 0 Å². The van der Waals surface area contributed by atoms with E-state index in [1.165, 1.54) is 12.1 Å². The van der Waals surface area contributed by atoms with Gasteiger partial charge in [0.25, 0.3) is 11.4 Å². The highest BCUT2D eigenvalue weighted by Gasteiger charge is 2.26. The molecule has 0 unspecified atom stereocenters. The van der Waals surface area contributed by atoms with Gasteiger partial charge in [0.1, 0.15) is 5.69 Å². The van der Waals surface area contributed by atoms with Crippen LogP contribution in [0.5, 0.6) is 0 Å². The first kappa shape index (κ1) is 13.2. The van der Waals surface area contributed by atoms with Gasteiger partial charge < -0.3 is 10.0 Å². The van der Waals surface area contributed by atoms with E-state index in [-0.39, 0.29) is 17.5 Å². The third-order valence-corrected chi connectivity index (χ3v) is 3.17. The Hall–Kier alpha value is -2.22. The summed E-state index contributed by atoms with van der Waals surface area (Å²) in [6, 6.07) is 3.63. The van der Waals surface area contributed by atoms with Crippen LogP contribution in [0, 0.1) is 20.2 Å². The van der Waals surface area contributed by atoms with Crippen LogP contribution in [0.25, 0.3) is 0 Å². The van der Waals surface area contributed by atoms with Crippen molar-refractivity contribution >= 4 is 17.1 Å². The summed E-state index contributed by atoms with van der Waals surface area (Å²) in [6.07, 6.45) is 0.691. The van der Waals surface area contributed by atoms with E-state index >= 15 is 0 Å². The fourth-order valence-corrected chi connectivity index (χ4v) is 2.15. The Labute approximate surface area is 108 Å². The summed E-state index contributed by atoms with van der Waals surface area (Å²) < 4.78 is 0. The molecule has 1 heterocycles. The number of piperidine rings is 1. The molecule has 102 valence electrons. The summed E-state index contributed by atoms with van der Waals surface area (Å²) >= 11 is 0. The topological polar surface area (TPSA) is 110 Å². The molecule has 0 saturated carbocycles. The lowest BCUT2D eigenvalue weighted by Crippen LogP contribution is -2.36. The maximum atomic E-state index is 11.0. The summed E-state index contributed by atoms with van der Waals surface area (Å²) in [4.78, 5) is 22.2. The Bertz CT molecular complexity index is 511. The van der Waals surface area contributed by atoms with Crippen molar-refractivity contribution in [2.24, 2.45) is 0 Å². The van der Waals surface area contributed by atoms with Crippen molar-refractivity contribution in [2.45, 2.75) is 18.9 Å². The van der Waals surface area contributed by atoms with Crippen molar-refractivity contribution < 1.29 is 15.0 Å². The van der Waals surface area contributed by atoms with Crippen molar-refractivity contribution in [3.8, 4) is 0 Å². The third kappa shape index (κ3) is 2.79. The molecule has 1 N–H and O–H groups in total. The summed E-state index contributed by atoms with van der Waals surface area (Å²) in [5.74, 6) is 0. The number of hydrogen-bond donors (Lipinski definition) is 1. The second-order valence-electron chi connectivity index (χ2n) is 4.41. The molecule has 1 aromatic rings. The largest absolute Gasteiger partial charge is 0.393 e. The van der Waals surface area contributed by atoms with Gasteiger partial charge in [-0.25, -0.2) is 0 Å². The fourth-order valence-electron chi connectivity index (χ4n) is 2.15. The van der Waals surface area contributed by atoms with Crippen molar-refractivity contribution in [1.29, 1.82) is 0 Å². The molecule has 2 rings (SSSR count). The lowest BCUT2D eigenvalue weighted by atomic mass is 10.1. The predicted octanol–water partition coefficient (Wildman–Crippen LogP) is 1.46. The minimum atomic E-state index is -0.656. The van der Waals surface area contributed by atoms with Gasteiger partial charge >= 0.3 is 0 Å². The summed E-state index contributed by atoms with van der Waals surface area (Å²) in [5, 5.41) is 31.1. The van der Waals surface area contributed by atoms with Crippen LogP contribution in [-0.4, -0.2) is 34.1 Å². The van der Waals surface area contributed by atoms with Gasteiger partial charge in [-0.2, -0.15) is 0 Å². The second-order valence-corrected chi connectivity index (χ2v) is 4.41. The van der Waals surface area contributed by atoms with Crippen LogP contribution in [0.15, 0.2) is 18.2 Å². The Morgan fingerprint density at radius 3 is 2.32 bits per heavy atom.